The van der Waals surface area contributed by atoms with Crippen LogP contribution in [-0.2, 0) is 0 Å². The average molecular weight is 215 g/mol. The second-order valence-electron chi connectivity index (χ2n) is 4.85. The molecule has 0 heterocycles. The van der Waals surface area contributed by atoms with Crippen molar-refractivity contribution < 1.29 is 0 Å². The molecule has 0 saturated carbocycles. The fourth-order valence-electron chi connectivity index (χ4n) is 1.25. The van der Waals surface area contributed by atoms with Crippen LogP contribution in [-0.4, -0.2) is 62.7 Å². The van der Waals surface area contributed by atoms with Crippen molar-refractivity contribution in [3.05, 3.63) is 0 Å². The Balaban J connectivity index is 3.64. The van der Waals surface area contributed by atoms with Gasteiger partial charge in [-0.3, -0.25) is 0 Å². The van der Waals surface area contributed by atoms with Gasteiger partial charge in [0.2, 0.25) is 0 Å². The van der Waals surface area contributed by atoms with Crippen molar-refractivity contribution >= 4 is 0 Å². The Morgan fingerprint density at radius 3 is 2.13 bits per heavy atom. The minimum Gasteiger partial charge on any atom is -0.313 e. The fourth-order valence-corrected chi connectivity index (χ4v) is 1.25. The van der Waals surface area contributed by atoms with E-state index in [4.69, 9.17) is 0 Å². The number of nitrogens with zero attached hydrogens (tertiary/aromatic N) is 2. The van der Waals surface area contributed by atoms with Crippen molar-refractivity contribution in [3.8, 4) is 0 Å². The largest absolute Gasteiger partial charge is 0.313 e. The Hall–Kier alpha value is -0.120. The van der Waals surface area contributed by atoms with Crippen molar-refractivity contribution in [1.82, 2.24) is 15.1 Å². The fraction of sp³-hybridized carbons (Fsp3) is 1.00. The Bertz CT molecular complexity index is 148. The maximum atomic E-state index is 3.55. The molecule has 92 valence electrons. The summed E-state index contributed by atoms with van der Waals surface area (Å²) in [5.74, 6) is 0. The average Bonchev–Trinajstić information content (AvgIpc) is 2.21. The molecule has 3 heteroatoms. The lowest BCUT2D eigenvalue weighted by molar-refractivity contribution is 0.220. The summed E-state index contributed by atoms with van der Waals surface area (Å²) in [6.45, 7) is 10.1. The lowest BCUT2D eigenvalue weighted by atomic mass is 10.2. The summed E-state index contributed by atoms with van der Waals surface area (Å²) < 4.78 is 0. The predicted octanol–water partition coefficient (Wildman–Crippen LogP) is 1.26. The van der Waals surface area contributed by atoms with E-state index in [1.54, 1.807) is 0 Å². The van der Waals surface area contributed by atoms with Gasteiger partial charge in [-0.05, 0) is 41.4 Å². The SMILES string of the molecule is CCC(C)NCC(C)N(C)CCN(C)C. The highest BCUT2D eigenvalue weighted by Gasteiger charge is 2.09. The highest BCUT2D eigenvalue weighted by atomic mass is 15.2. The van der Waals surface area contributed by atoms with Gasteiger partial charge in [0.25, 0.3) is 0 Å². The molecule has 0 bridgehead atoms. The first-order valence-electron chi connectivity index (χ1n) is 6.05. The van der Waals surface area contributed by atoms with Gasteiger partial charge in [0.05, 0.1) is 0 Å². The monoisotopic (exact) mass is 215 g/mol. The summed E-state index contributed by atoms with van der Waals surface area (Å²) in [6, 6.07) is 1.24. The summed E-state index contributed by atoms with van der Waals surface area (Å²) >= 11 is 0. The summed E-state index contributed by atoms with van der Waals surface area (Å²) in [4.78, 5) is 4.64. The van der Waals surface area contributed by atoms with E-state index in [1.165, 1.54) is 6.42 Å². The van der Waals surface area contributed by atoms with Crippen LogP contribution in [0.15, 0.2) is 0 Å². The Labute approximate surface area is 95.8 Å². The number of likely N-dealkylation sites (N-methyl/N-ethyl adjacent to an activating group) is 2. The lowest BCUT2D eigenvalue weighted by Crippen LogP contribution is -2.43. The van der Waals surface area contributed by atoms with Crippen molar-refractivity contribution in [1.29, 1.82) is 0 Å². The second kappa shape index (κ2) is 8.08. The van der Waals surface area contributed by atoms with Gasteiger partial charge in [-0.1, -0.05) is 6.92 Å². The molecule has 0 aliphatic rings. The van der Waals surface area contributed by atoms with Crippen LogP contribution in [0.3, 0.4) is 0 Å². The molecule has 2 atom stereocenters. The zero-order chi connectivity index (χ0) is 11.8. The molecule has 0 aliphatic heterocycles. The molecule has 0 aromatic carbocycles. The van der Waals surface area contributed by atoms with Crippen LogP contribution in [0.25, 0.3) is 0 Å². The van der Waals surface area contributed by atoms with Gasteiger partial charge in [0, 0.05) is 31.7 Å². The van der Waals surface area contributed by atoms with Crippen LogP contribution in [0.5, 0.6) is 0 Å². The molecule has 0 saturated heterocycles. The van der Waals surface area contributed by atoms with Crippen LogP contribution in [0.4, 0.5) is 0 Å². The molecular formula is C12H29N3. The van der Waals surface area contributed by atoms with E-state index in [0.717, 1.165) is 19.6 Å². The normalized spacial score (nSPS) is 16.0. The van der Waals surface area contributed by atoms with Gasteiger partial charge in [-0.15, -0.1) is 0 Å². The Morgan fingerprint density at radius 2 is 1.67 bits per heavy atom. The van der Waals surface area contributed by atoms with Gasteiger partial charge < -0.3 is 15.1 Å². The van der Waals surface area contributed by atoms with E-state index in [9.17, 15) is 0 Å². The van der Waals surface area contributed by atoms with E-state index < -0.39 is 0 Å². The van der Waals surface area contributed by atoms with E-state index in [2.05, 4.69) is 57.0 Å². The van der Waals surface area contributed by atoms with E-state index in [-0.39, 0.29) is 0 Å². The highest BCUT2D eigenvalue weighted by molar-refractivity contribution is 4.69. The quantitative estimate of drug-likeness (QED) is 0.657. The first-order chi connectivity index (χ1) is 6.97. The van der Waals surface area contributed by atoms with Crippen molar-refractivity contribution in [3.63, 3.8) is 0 Å². The van der Waals surface area contributed by atoms with Crippen LogP contribution >= 0.6 is 0 Å². The Morgan fingerprint density at radius 1 is 1.07 bits per heavy atom. The molecule has 2 unspecified atom stereocenters. The molecule has 0 amide bonds. The summed E-state index contributed by atoms with van der Waals surface area (Å²) in [7, 11) is 6.44. The molecule has 0 radical (unpaired) electrons. The lowest BCUT2D eigenvalue weighted by Gasteiger charge is -2.27. The van der Waals surface area contributed by atoms with Crippen molar-refractivity contribution in [2.24, 2.45) is 0 Å². The maximum absolute atomic E-state index is 3.55. The van der Waals surface area contributed by atoms with Crippen LogP contribution in [0, 0.1) is 0 Å². The third-order valence-electron chi connectivity index (χ3n) is 3.03. The molecule has 15 heavy (non-hydrogen) atoms. The van der Waals surface area contributed by atoms with Crippen LogP contribution in [0.2, 0.25) is 0 Å². The van der Waals surface area contributed by atoms with E-state index >= 15 is 0 Å². The van der Waals surface area contributed by atoms with Crippen molar-refractivity contribution in [2.45, 2.75) is 39.3 Å². The summed E-state index contributed by atoms with van der Waals surface area (Å²) in [6.07, 6.45) is 1.20. The highest BCUT2D eigenvalue weighted by Crippen LogP contribution is 1.96. The predicted molar refractivity (Wildman–Crippen MR) is 68.4 cm³/mol. The zero-order valence-corrected chi connectivity index (χ0v) is 11.4. The molecule has 0 aromatic rings. The standard InChI is InChI=1S/C12H29N3/c1-7-11(2)13-10-12(3)15(6)9-8-14(4)5/h11-13H,7-10H2,1-6H3. The van der Waals surface area contributed by atoms with Crippen LogP contribution in [0.1, 0.15) is 27.2 Å². The molecule has 3 nitrogen and oxygen atoms in total. The van der Waals surface area contributed by atoms with Gasteiger partial charge in [0.1, 0.15) is 0 Å². The number of hydrogen-bond acceptors (Lipinski definition) is 3. The third kappa shape index (κ3) is 7.77. The number of rotatable bonds is 8. The minimum absolute atomic E-state index is 0.610. The molecule has 0 fully saturated rings. The van der Waals surface area contributed by atoms with Gasteiger partial charge in [-0.25, -0.2) is 0 Å². The first-order valence-corrected chi connectivity index (χ1v) is 6.05. The van der Waals surface area contributed by atoms with Gasteiger partial charge in [0.15, 0.2) is 0 Å². The Kier molecular flexibility index (Phi) is 8.02. The number of hydrogen-bond donors (Lipinski definition) is 1. The second-order valence-corrected chi connectivity index (χ2v) is 4.85. The minimum atomic E-state index is 0.610. The maximum Gasteiger partial charge on any atom is 0.0189 e. The molecule has 0 rings (SSSR count). The van der Waals surface area contributed by atoms with E-state index in [1.807, 2.05) is 0 Å². The van der Waals surface area contributed by atoms with Gasteiger partial charge >= 0.3 is 0 Å². The van der Waals surface area contributed by atoms with Crippen molar-refractivity contribution in [2.75, 3.05) is 40.8 Å². The van der Waals surface area contributed by atoms with Crippen LogP contribution < -0.4 is 5.32 Å². The molecular weight excluding hydrogens is 186 g/mol. The zero-order valence-electron chi connectivity index (χ0n) is 11.4. The topological polar surface area (TPSA) is 18.5 Å². The summed E-state index contributed by atoms with van der Waals surface area (Å²) in [5, 5.41) is 3.55. The van der Waals surface area contributed by atoms with Gasteiger partial charge in [-0.2, -0.15) is 0 Å². The molecule has 0 aromatic heterocycles. The van der Waals surface area contributed by atoms with E-state index in [0.29, 0.717) is 12.1 Å². The third-order valence-corrected chi connectivity index (χ3v) is 3.03. The molecule has 1 N–H and O–H groups in total. The summed E-state index contributed by atoms with van der Waals surface area (Å²) in [5.41, 5.74) is 0. The first kappa shape index (κ1) is 14.9. The smallest absolute Gasteiger partial charge is 0.0189 e. The number of nitrogens with one attached hydrogen (secondary N) is 1. The molecule has 0 spiro atoms. The molecule has 0 aliphatic carbocycles.